The molecule has 0 aliphatic carbocycles. The van der Waals surface area contributed by atoms with Gasteiger partial charge >= 0.3 is 0 Å². The Bertz CT molecular complexity index is 179. The van der Waals surface area contributed by atoms with Gasteiger partial charge in [0.2, 0.25) is 5.91 Å². The van der Waals surface area contributed by atoms with Crippen molar-refractivity contribution in [1.29, 1.82) is 0 Å². The number of amides is 1. The van der Waals surface area contributed by atoms with Gasteiger partial charge in [0.05, 0.1) is 0 Å². The molecule has 0 heterocycles. The van der Waals surface area contributed by atoms with Crippen LogP contribution in [0.25, 0.3) is 0 Å². The normalized spacial score (nSPS) is 11.9. The Morgan fingerprint density at radius 3 is 2.07 bits per heavy atom. The fraction of sp³-hybridized carbons (Fsp3) is 0.917. The van der Waals surface area contributed by atoms with Crippen LogP contribution in [-0.4, -0.2) is 23.9 Å². The van der Waals surface area contributed by atoms with E-state index in [0.29, 0.717) is 5.92 Å². The maximum atomic E-state index is 11.9. The molecule has 1 amide bonds. The molecule has 0 bridgehead atoms. The number of hydrogen-bond acceptors (Lipinski definition) is 1. The van der Waals surface area contributed by atoms with Gasteiger partial charge in [0.1, 0.15) is 0 Å². The van der Waals surface area contributed by atoms with Gasteiger partial charge in [-0.25, -0.2) is 0 Å². The Hall–Kier alpha value is -0.530. The van der Waals surface area contributed by atoms with Gasteiger partial charge in [-0.3, -0.25) is 4.79 Å². The first-order valence-electron chi connectivity index (χ1n) is 5.58. The molecule has 0 saturated carbocycles. The van der Waals surface area contributed by atoms with Gasteiger partial charge in [-0.2, -0.15) is 0 Å². The van der Waals surface area contributed by atoms with Crippen molar-refractivity contribution in [3.63, 3.8) is 0 Å². The zero-order valence-electron chi connectivity index (χ0n) is 10.6. The molecule has 0 unspecified atom stereocenters. The van der Waals surface area contributed by atoms with Gasteiger partial charge in [-0.15, -0.1) is 0 Å². The van der Waals surface area contributed by atoms with Crippen LogP contribution in [0.4, 0.5) is 0 Å². The molecule has 0 spiro atoms. The molecule has 0 rings (SSSR count). The van der Waals surface area contributed by atoms with Crippen LogP contribution in [0.5, 0.6) is 0 Å². The third kappa shape index (κ3) is 4.64. The summed E-state index contributed by atoms with van der Waals surface area (Å²) in [6.45, 7) is 14.1. The van der Waals surface area contributed by atoms with Gasteiger partial charge in [-0.05, 0) is 19.3 Å². The lowest BCUT2D eigenvalue weighted by atomic mass is 9.94. The molecule has 0 aliphatic rings. The van der Waals surface area contributed by atoms with Crippen molar-refractivity contribution in [2.45, 2.75) is 48.0 Å². The summed E-state index contributed by atoms with van der Waals surface area (Å²) in [5, 5.41) is 0. The Balaban J connectivity index is 4.21. The third-order valence-electron chi connectivity index (χ3n) is 2.29. The molecule has 0 aromatic carbocycles. The van der Waals surface area contributed by atoms with Gasteiger partial charge in [0.25, 0.3) is 0 Å². The fourth-order valence-electron chi connectivity index (χ4n) is 1.29. The summed E-state index contributed by atoms with van der Waals surface area (Å²) >= 11 is 0. The molecule has 84 valence electrons. The van der Waals surface area contributed by atoms with E-state index in [0.717, 1.165) is 19.5 Å². The molecular weight excluding hydrogens is 174 g/mol. The lowest BCUT2D eigenvalue weighted by Gasteiger charge is -2.29. The van der Waals surface area contributed by atoms with Crippen LogP contribution in [-0.2, 0) is 4.79 Å². The highest BCUT2D eigenvalue weighted by atomic mass is 16.2. The smallest absolute Gasteiger partial charge is 0.227 e. The monoisotopic (exact) mass is 199 g/mol. The highest BCUT2D eigenvalue weighted by Crippen LogP contribution is 2.17. The third-order valence-corrected chi connectivity index (χ3v) is 2.29. The molecule has 0 atom stereocenters. The van der Waals surface area contributed by atoms with Crippen LogP contribution in [0.3, 0.4) is 0 Å². The maximum absolute atomic E-state index is 11.9. The van der Waals surface area contributed by atoms with Crippen molar-refractivity contribution in [3.8, 4) is 0 Å². The standard InChI is InChI=1S/C12H25NO/c1-7-13(9-8-10(2)3)11(14)12(4,5)6/h10H,7-9H2,1-6H3. The lowest BCUT2D eigenvalue weighted by molar-refractivity contribution is -0.139. The number of carbonyl (C=O) groups excluding carboxylic acids is 1. The Morgan fingerprint density at radius 2 is 1.79 bits per heavy atom. The summed E-state index contributed by atoms with van der Waals surface area (Å²) in [6, 6.07) is 0. The summed E-state index contributed by atoms with van der Waals surface area (Å²) in [7, 11) is 0. The summed E-state index contributed by atoms with van der Waals surface area (Å²) < 4.78 is 0. The molecule has 0 radical (unpaired) electrons. The molecule has 2 nitrogen and oxygen atoms in total. The number of rotatable bonds is 4. The average molecular weight is 199 g/mol. The Kier molecular flexibility index (Phi) is 5.17. The first-order chi connectivity index (χ1) is 6.29. The Morgan fingerprint density at radius 1 is 1.29 bits per heavy atom. The molecule has 0 aliphatic heterocycles. The minimum Gasteiger partial charge on any atom is -0.343 e. The van der Waals surface area contributed by atoms with Gasteiger partial charge in [0.15, 0.2) is 0 Å². The topological polar surface area (TPSA) is 20.3 Å². The van der Waals surface area contributed by atoms with E-state index in [2.05, 4.69) is 13.8 Å². The van der Waals surface area contributed by atoms with Crippen LogP contribution in [0, 0.1) is 11.3 Å². The largest absolute Gasteiger partial charge is 0.343 e. The zero-order valence-corrected chi connectivity index (χ0v) is 10.6. The number of carbonyl (C=O) groups is 1. The van der Waals surface area contributed by atoms with Crippen molar-refractivity contribution in [1.82, 2.24) is 4.90 Å². The van der Waals surface area contributed by atoms with Crippen LogP contribution < -0.4 is 0 Å². The lowest BCUT2D eigenvalue weighted by Crippen LogP contribution is -2.40. The summed E-state index contributed by atoms with van der Waals surface area (Å²) in [4.78, 5) is 13.9. The van der Waals surface area contributed by atoms with Crippen molar-refractivity contribution >= 4 is 5.91 Å². The minimum absolute atomic E-state index is 0.243. The predicted octanol–water partition coefficient (Wildman–Crippen LogP) is 2.93. The van der Waals surface area contributed by atoms with Gasteiger partial charge < -0.3 is 4.90 Å². The quantitative estimate of drug-likeness (QED) is 0.681. The van der Waals surface area contributed by atoms with E-state index in [1.807, 2.05) is 32.6 Å². The second-order valence-electron chi connectivity index (χ2n) is 5.32. The summed E-state index contributed by atoms with van der Waals surface area (Å²) in [5.74, 6) is 0.928. The first-order valence-corrected chi connectivity index (χ1v) is 5.58. The molecule has 0 N–H and O–H groups in total. The molecule has 0 saturated heterocycles. The van der Waals surface area contributed by atoms with E-state index in [9.17, 15) is 4.79 Å². The second kappa shape index (κ2) is 5.38. The van der Waals surface area contributed by atoms with E-state index in [4.69, 9.17) is 0 Å². The highest BCUT2D eigenvalue weighted by molar-refractivity contribution is 5.81. The molecule has 2 heteroatoms. The minimum atomic E-state index is -0.243. The highest BCUT2D eigenvalue weighted by Gasteiger charge is 2.25. The molecule has 0 aromatic rings. The van der Waals surface area contributed by atoms with Gasteiger partial charge in [0, 0.05) is 18.5 Å². The second-order valence-corrected chi connectivity index (χ2v) is 5.32. The summed E-state index contributed by atoms with van der Waals surface area (Å²) in [5.41, 5.74) is -0.243. The first kappa shape index (κ1) is 13.5. The molecule has 0 fully saturated rings. The van der Waals surface area contributed by atoms with Crippen LogP contribution in [0.1, 0.15) is 48.0 Å². The van der Waals surface area contributed by atoms with Crippen molar-refractivity contribution in [2.24, 2.45) is 11.3 Å². The van der Waals surface area contributed by atoms with Crippen LogP contribution in [0.15, 0.2) is 0 Å². The molecule has 14 heavy (non-hydrogen) atoms. The number of nitrogens with zero attached hydrogens (tertiary/aromatic N) is 1. The van der Waals surface area contributed by atoms with Crippen molar-refractivity contribution in [2.75, 3.05) is 13.1 Å². The van der Waals surface area contributed by atoms with E-state index < -0.39 is 0 Å². The van der Waals surface area contributed by atoms with E-state index in [1.165, 1.54) is 0 Å². The fourth-order valence-corrected chi connectivity index (χ4v) is 1.29. The predicted molar refractivity (Wildman–Crippen MR) is 61.2 cm³/mol. The zero-order chi connectivity index (χ0) is 11.4. The van der Waals surface area contributed by atoms with Crippen LogP contribution >= 0.6 is 0 Å². The van der Waals surface area contributed by atoms with Gasteiger partial charge in [-0.1, -0.05) is 34.6 Å². The molecule has 0 aromatic heterocycles. The average Bonchev–Trinajstić information content (AvgIpc) is 2.03. The van der Waals surface area contributed by atoms with E-state index in [1.54, 1.807) is 0 Å². The SMILES string of the molecule is CCN(CCC(C)C)C(=O)C(C)(C)C. The van der Waals surface area contributed by atoms with E-state index in [-0.39, 0.29) is 11.3 Å². The van der Waals surface area contributed by atoms with E-state index >= 15 is 0 Å². The molecular formula is C12H25NO. The number of hydrogen-bond donors (Lipinski definition) is 0. The summed E-state index contributed by atoms with van der Waals surface area (Å²) in [6.07, 6.45) is 1.09. The van der Waals surface area contributed by atoms with Crippen molar-refractivity contribution in [3.05, 3.63) is 0 Å². The maximum Gasteiger partial charge on any atom is 0.227 e. The van der Waals surface area contributed by atoms with Crippen molar-refractivity contribution < 1.29 is 4.79 Å². The van der Waals surface area contributed by atoms with Crippen LogP contribution in [0.2, 0.25) is 0 Å². The Labute approximate surface area is 88.7 Å².